The molecular formula is C17H18ClNO4. The van der Waals surface area contributed by atoms with Gasteiger partial charge in [0.15, 0.2) is 0 Å². The summed E-state index contributed by atoms with van der Waals surface area (Å²) in [5, 5.41) is 3.12. The Balaban J connectivity index is 1.77. The van der Waals surface area contributed by atoms with Crippen LogP contribution in [0.2, 0.25) is 5.02 Å². The summed E-state index contributed by atoms with van der Waals surface area (Å²) < 4.78 is 15.7. The van der Waals surface area contributed by atoms with Gasteiger partial charge >= 0.3 is 6.09 Å². The summed E-state index contributed by atoms with van der Waals surface area (Å²) in [6.45, 7) is 2.39. The van der Waals surface area contributed by atoms with Gasteiger partial charge in [0.25, 0.3) is 0 Å². The number of rotatable bonds is 6. The van der Waals surface area contributed by atoms with Crippen molar-refractivity contribution >= 4 is 23.4 Å². The Bertz CT molecular complexity index is 675. The second-order valence-corrected chi connectivity index (χ2v) is 5.21. The molecule has 0 spiro atoms. The number of anilines is 1. The first-order valence-electron chi connectivity index (χ1n) is 7.05. The van der Waals surface area contributed by atoms with E-state index in [1.165, 1.54) is 7.11 Å². The molecule has 0 saturated heterocycles. The van der Waals surface area contributed by atoms with Crippen molar-refractivity contribution in [1.82, 2.24) is 0 Å². The van der Waals surface area contributed by atoms with Crippen molar-refractivity contribution < 1.29 is 19.0 Å². The second kappa shape index (κ2) is 8.29. The average molecular weight is 336 g/mol. The summed E-state index contributed by atoms with van der Waals surface area (Å²) in [5.41, 5.74) is 1.59. The number of halogens is 1. The molecule has 5 nitrogen and oxygen atoms in total. The highest BCUT2D eigenvalue weighted by molar-refractivity contribution is 6.30. The molecule has 0 aromatic heterocycles. The van der Waals surface area contributed by atoms with Gasteiger partial charge in [-0.25, -0.2) is 4.79 Å². The molecule has 0 aliphatic rings. The summed E-state index contributed by atoms with van der Waals surface area (Å²) in [6.07, 6.45) is -0.585. The number of ether oxygens (including phenoxy) is 3. The van der Waals surface area contributed by atoms with Crippen molar-refractivity contribution in [2.75, 3.05) is 25.6 Å². The maximum absolute atomic E-state index is 11.8. The van der Waals surface area contributed by atoms with Crippen molar-refractivity contribution in [3.63, 3.8) is 0 Å². The number of amides is 1. The van der Waals surface area contributed by atoms with Crippen LogP contribution in [0, 0.1) is 6.92 Å². The SMILES string of the molecule is COc1cc(Cl)ccc1NC(=O)OCCOc1cccc(C)c1. The van der Waals surface area contributed by atoms with Gasteiger partial charge in [-0.15, -0.1) is 0 Å². The van der Waals surface area contributed by atoms with E-state index in [0.29, 0.717) is 16.5 Å². The Labute approximate surface area is 140 Å². The van der Waals surface area contributed by atoms with Crippen molar-refractivity contribution in [3.05, 3.63) is 53.1 Å². The summed E-state index contributed by atoms with van der Waals surface area (Å²) in [7, 11) is 1.50. The summed E-state index contributed by atoms with van der Waals surface area (Å²) in [5.74, 6) is 1.21. The molecule has 122 valence electrons. The lowest BCUT2D eigenvalue weighted by Crippen LogP contribution is -2.18. The van der Waals surface area contributed by atoms with Crippen LogP contribution in [0.5, 0.6) is 11.5 Å². The molecule has 2 aromatic carbocycles. The maximum atomic E-state index is 11.8. The molecule has 0 aliphatic heterocycles. The number of carbonyl (C=O) groups is 1. The van der Waals surface area contributed by atoms with Gasteiger partial charge in [0, 0.05) is 11.1 Å². The van der Waals surface area contributed by atoms with E-state index in [2.05, 4.69) is 5.32 Å². The first-order valence-corrected chi connectivity index (χ1v) is 7.43. The van der Waals surface area contributed by atoms with Gasteiger partial charge in [0.1, 0.15) is 24.7 Å². The molecule has 23 heavy (non-hydrogen) atoms. The molecule has 2 aromatic rings. The van der Waals surface area contributed by atoms with Crippen LogP contribution in [-0.4, -0.2) is 26.4 Å². The molecule has 0 bridgehead atoms. The van der Waals surface area contributed by atoms with E-state index in [0.717, 1.165) is 11.3 Å². The molecule has 0 atom stereocenters. The molecule has 0 fully saturated rings. The van der Waals surface area contributed by atoms with Crippen molar-refractivity contribution in [2.24, 2.45) is 0 Å². The summed E-state index contributed by atoms with van der Waals surface area (Å²) >= 11 is 5.86. The molecule has 0 heterocycles. The second-order valence-electron chi connectivity index (χ2n) is 4.77. The normalized spacial score (nSPS) is 10.0. The molecule has 6 heteroatoms. The number of benzene rings is 2. The third-order valence-corrected chi connectivity index (χ3v) is 3.21. The summed E-state index contributed by atoms with van der Waals surface area (Å²) in [6, 6.07) is 12.6. The highest BCUT2D eigenvalue weighted by Crippen LogP contribution is 2.27. The molecular weight excluding hydrogens is 318 g/mol. The van der Waals surface area contributed by atoms with Gasteiger partial charge in [-0.05, 0) is 36.8 Å². The Kier molecular flexibility index (Phi) is 6.11. The number of hydrogen-bond acceptors (Lipinski definition) is 4. The fourth-order valence-electron chi connectivity index (χ4n) is 1.91. The average Bonchev–Trinajstić information content (AvgIpc) is 2.53. The zero-order valence-electron chi connectivity index (χ0n) is 13.0. The van der Waals surface area contributed by atoms with Crippen LogP contribution < -0.4 is 14.8 Å². The van der Waals surface area contributed by atoms with Crippen LogP contribution in [0.3, 0.4) is 0 Å². The van der Waals surface area contributed by atoms with Crippen LogP contribution in [0.25, 0.3) is 0 Å². The number of methoxy groups -OCH3 is 1. The van der Waals surface area contributed by atoms with Crippen LogP contribution in [-0.2, 0) is 4.74 Å². The van der Waals surface area contributed by atoms with Crippen LogP contribution >= 0.6 is 11.6 Å². The van der Waals surface area contributed by atoms with E-state index in [9.17, 15) is 4.79 Å². The van der Waals surface area contributed by atoms with E-state index >= 15 is 0 Å². The predicted octanol–water partition coefficient (Wildman–Crippen LogP) is 4.28. The molecule has 2 rings (SSSR count). The maximum Gasteiger partial charge on any atom is 0.411 e. The molecule has 1 amide bonds. The van der Waals surface area contributed by atoms with Gasteiger partial charge in [-0.1, -0.05) is 23.7 Å². The van der Waals surface area contributed by atoms with Gasteiger partial charge < -0.3 is 14.2 Å². The largest absolute Gasteiger partial charge is 0.495 e. The number of hydrogen-bond donors (Lipinski definition) is 1. The lowest BCUT2D eigenvalue weighted by molar-refractivity contribution is 0.137. The molecule has 1 N–H and O–H groups in total. The highest BCUT2D eigenvalue weighted by atomic mass is 35.5. The van der Waals surface area contributed by atoms with Gasteiger partial charge in [-0.2, -0.15) is 0 Å². The first-order chi connectivity index (χ1) is 11.1. The first kappa shape index (κ1) is 17.0. The van der Waals surface area contributed by atoms with Crippen molar-refractivity contribution in [3.8, 4) is 11.5 Å². The lowest BCUT2D eigenvalue weighted by atomic mass is 10.2. The van der Waals surface area contributed by atoms with E-state index in [4.69, 9.17) is 25.8 Å². The predicted molar refractivity (Wildman–Crippen MR) is 89.6 cm³/mol. The minimum atomic E-state index is -0.585. The standard InChI is InChI=1S/C17H18ClNO4/c1-12-4-3-5-14(10-12)22-8-9-23-17(20)19-15-7-6-13(18)11-16(15)21-2/h3-7,10-11H,8-9H2,1-2H3,(H,19,20). The smallest absolute Gasteiger partial charge is 0.411 e. The Morgan fingerprint density at radius 2 is 2.00 bits per heavy atom. The van der Waals surface area contributed by atoms with E-state index in [1.54, 1.807) is 18.2 Å². The monoisotopic (exact) mass is 335 g/mol. The fourth-order valence-corrected chi connectivity index (χ4v) is 2.08. The molecule has 0 aliphatic carbocycles. The zero-order chi connectivity index (χ0) is 16.7. The molecule has 0 unspecified atom stereocenters. The minimum absolute atomic E-state index is 0.135. The third-order valence-electron chi connectivity index (χ3n) is 2.98. The van der Waals surface area contributed by atoms with E-state index in [-0.39, 0.29) is 13.2 Å². The zero-order valence-corrected chi connectivity index (χ0v) is 13.7. The quantitative estimate of drug-likeness (QED) is 0.800. The summed E-state index contributed by atoms with van der Waals surface area (Å²) in [4.78, 5) is 11.8. The Morgan fingerprint density at radius 3 is 2.74 bits per heavy atom. The molecule has 0 radical (unpaired) electrons. The number of carbonyl (C=O) groups excluding carboxylic acids is 1. The minimum Gasteiger partial charge on any atom is -0.495 e. The lowest BCUT2D eigenvalue weighted by Gasteiger charge is -2.11. The van der Waals surface area contributed by atoms with Crippen molar-refractivity contribution in [1.29, 1.82) is 0 Å². The Morgan fingerprint density at radius 1 is 1.17 bits per heavy atom. The van der Waals surface area contributed by atoms with Gasteiger partial charge in [0.05, 0.1) is 12.8 Å². The van der Waals surface area contributed by atoms with Crippen LogP contribution in [0.1, 0.15) is 5.56 Å². The van der Waals surface area contributed by atoms with Crippen molar-refractivity contribution in [2.45, 2.75) is 6.92 Å². The van der Waals surface area contributed by atoms with Gasteiger partial charge in [0.2, 0.25) is 0 Å². The molecule has 0 saturated carbocycles. The topological polar surface area (TPSA) is 56.8 Å². The Hall–Kier alpha value is -2.40. The van der Waals surface area contributed by atoms with Gasteiger partial charge in [-0.3, -0.25) is 5.32 Å². The fraction of sp³-hybridized carbons (Fsp3) is 0.235. The number of nitrogens with one attached hydrogen (secondary N) is 1. The van der Waals surface area contributed by atoms with Crippen LogP contribution in [0.15, 0.2) is 42.5 Å². The highest BCUT2D eigenvalue weighted by Gasteiger charge is 2.09. The third kappa shape index (κ3) is 5.38. The van der Waals surface area contributed by atoms with E-state index in [1.807, 2.05) is 31.2 Å². The number of aryl methyl sites for hydroxylation is 1. The van der Waals surface area contributed by atoms with E-state index < -0.39 is 6.09 Å². The van der Waals surface area contributed by atoms with Crippen LogP contribution in [0.4, 0.5) is 10.5 Å².